The summed E-state index contributed by atoms with van der Waals surface area (Å²) in [6, 6.07) is 9.11. The van der Waals surface area contributed by atoms with Gasteiger partial charge in [0, 0.05) is 4.70 Å². The fourth-order valence-electron chi connectivity index (χ4n) is 3.82. The van der Waals surface area contributed by atoms with E-state index in [4.69, 9.17) is 0 Å². The van der Waals surface area contributed by atoms with Crippen LogP contribution in [0.3, 0.4) is 0 Å². The van der Waals surface area contributed by atoms with Crippen LogP contribution < -0.4 is 5.32 Å². The molecule has 1 heterocycles. The third-order valence-electron chi connectivity index (χ3n) is 4.91. The molecule has 1 aromatic heterocycles. The summed E-state index contributed by atoms with van der Waals surface area (Å²) < 4.78 is 1.51. The van der Waals surface area contributed by atoms with Crippen molar-refractivity contribution in [1.82, 2.24) is 5.32 Å². The second-order valence-electron chi connectivity index (χ2n) is 7.02. The summed E-state index contributed by atoms with van der Waals surface area (Å²) in [7, 11) is 2.09. The Labute approximate surface area is 126 Å². The zero-order valence-electron chi connectivity index (χ0n) is 12.8. The minimum atomic E-state index is 0.480. The predicted molar refractivity (Wildman–Crippen MR) is 89.6 cm³/mol. The number of rotatable bonds is 3. The Balaban J connectivity index is 2.01. The highest BCUT2D eigenvalue weighted by molar-refractivity contribution is 7.17. The lowest BCUT2D eigenvalue weighted by atomic mass is 9.65. The fourth-order valence-corrected chi connectivity index (χ4v) is 4.80. The highest BCUT2D eigenvalue weighted by Crippen LogP contribution is 2.48. The van der Waals surface area contributed by atoms with E-state index >= 15 is 0 Å². The van der Waals surface area contributed by atoms with Crippen molar-refractivity contribution in [3.63, 3.8) is 0 Å². The van der Waals surface area contributed by atoms with Crippen molar-refractivity contribution in [2.45, 2.75) is 39.0 Å². The molecule has 1 N–H and O–H groups in total. The Morgan fingerprint density at radius 3 is 2.95 bits per heavy atom. The van der Waals surface area contributed by atoms with Crippen molar-refractivity contribution in [3.8, 4) is 0 Å². The van der Waals surface area contributed by atoms with E-state index in [9.17, 15) is 0 Å². The lowest BCUT2D eigenvalue weighted by Crippen LogP contribution is -2.33. The van der Waals surface area contributed by atoms with Gasteiger partial charge in [-0.2, -0.15) is 0 Å². The maximum Gasteiger partial charge on any atom is 0.0377 e. The van der Waals surface area contributed by atoms with Gasteiger partial charge in [-0.05, 0) is 72.5 Å². The molecule has 2 heteroatoms. The number of benzene rings is 1. The lowest BCUT2D eigenvalue weighted by Gasteiger charge is -2.41. The summed E-state index contributed by atoms with van der Waals surface area (Å²) >= 11 is 1.91. The zero-order chi connectivity index (χ0) is 14.2. The highest BCUT2D eigenvalue weighted by atomic mass is 32.1. The smallest absolute Gasteiger partial charge is 0.0377 e. The molecular formula is C18H25NS. The quantitative estimate of drug-likeness (QED) is 0.834. The molecule has 1 fully saturated rings. The van der Waals surface area contributed by atoms with E-state index in [1.165, 1.54) is 29.3 Å². The van der Waals surface area contributed by atoms with Gasteiger partial charge >= 0.3 is 0 Å². The van der Waals surface area contributed by atoms with Gasteiger partial charge in [0.15, 0.2) is 0 Å². The first-order chi connectivity index (χ1) is 9.61. The molecule has 0 radical (unpaired) electrons. The van der Waals surface area contributed by atoms with Crippen LogP contribution in [0.2, 0.25) is 0 Å². The van der Waals surface area contributed by atoms with Crippen molar-refractivity contribution in [1.29, 1.82) is 0 Å². The maximum atomic E-state index is 3.41. The largest absolute Gasteiger partial charge is 0.319 e. The molecule has 1 aliphatic rings. The summed E-state index contributed by atoms with van der Waals surface area (Å²) in [5, 5.41) is 7.06. The second-order valence-corrected chi connectivity index (χ2v) is 7.93. The first-order valence-electron chi connectivity index (χ1n) is 7.71. The summed E-state index contributed by atoms with van der Waals surface area (Å²) in [6.45, 7) is 6.01. The third kappa shape index (κ3) is 2.64. The SMILES string of the molecule is CNCC1CCC(C)(C)CC1c1cccc2ccsc12. The molecule has 1 saturated carbocycles. The van der Waals surface area contributed by atoms with E-state index in [0.717, 1.165) is 12.5 Å². The molecule has 1 nitrogen and oxygen atoms in total. The first kappa shape index (κ1) is 14.1. The second kappa shape index (κ2) is 5.50. The van der Waals surface area contributed by atoms with Gasteiger partial charge in [-0.15, -0.1) is 11.3 Å². The average molecular weight is 287 g/mol. The van der Waals surface area contributed by atoms with Crippen LogP contribution in [0, 0.1) is 11.3 Å². The molecule has 1 aliphatic carbocycles. The van der Waals surface area contributed by atoms with Crippen molar-refractivity contribution in [2.75, 3.05) is 13.6 Å². The Hall–Kier alpha value is -0.860. The summed E-state index contributed by atoms with van der Waals surface area (Å²) in [5.41, 5.74) is 2.07. The average Bonchev–Trinajstić information content (AvgIpc) is 2.89. The van der Waals surface area contributed by atoms with Crippen LogP contribution >= 0.6 is 11.3 Å². The Bertz CT molecular complexity index is 584. The van der Waals surface area contributed by atoms with Crippen LogP contribution in [-0.2, 0) is 0 Å². The van der Waals surface area contributed by atoms with Crippen LogP contribution in [0.5, 0.6) is 0 Å². The van der Waals surface area contributed by atoms with Crippen LogP contribution in [0.4, 0.5) is 0 Å². The van der Waals surface area contributed by atoms with Crippen LogP contribution in [0.25, 0.3) is 10.1 Å². The van der Waals surface area contributed by atoms with Crippen molar-refractivity contribution < 1.29 is 0 Å². The number of fused-ring (bicyclic) bond motifs is 1. The van der Waals surface area contributed by atoms with Crippen LogP contribution in [-0.4, -0.2) is 13.6 Å². The van der Waals surface area contributed by atoms with E-state index in [0.29, 0.717) is 11.3 Å². The topological polar surface area (TPSA) is 12.0 Å². The van der Waals surface area contributed by atoms with Gasteiger partial charge in [0.1, 0.15) is 0 Å². The lowest BCUT2D eigenvalue weighted by molar-refractivity contribution is 0.162. The van der Waals surface area contributed by atoms with E-state index in [2.05, 4.69) is 55.9 Å². The highest BCUT2D eigenvalue weighted by Gasteiger charge is 2.36. The van der Waals surface area contributed by atoms with Crippen LogP contribution in [0.1, 0.15) is 44.6 Å². The Morgan fingerprint density at radius 1 is 1.30 bits per heavy atom. The zero-order valence-corrected chi connectivity index (χ0v) is 13.6. The normalized spacial score (nSPS) is 25.9. The Kier molecular flexibility index (Phi) is 3.87. The van der Waals surface area contributed by atoms with E-state index in [1.54, 1.807) is 5.56 Å². The van der Waals surface area contributed by atoms with Gasteiger partial charge in [0.25, 0.3) is 0 Å². The molecule has 0 spiro atoms. The monoisotopic (exact) mass is 287 g/mol. The fraction of sp³-hybridized carbons (Fsp3) is 0.556. The molecule has 3 rings (SSSR count). The first-order valence-corrected chi connectivity index (χ1v) is 8.59. The van der Waals surface area contributed by atoms with E-state index in [-0.39, 0.29) is 0 Å². The van der Waals surface area contributed by atoms with Crippen molar-refractivity contribution in [3.05, 3.63) is 35.2 Å². The molecule has 108 valence electrons. The standard InChI is InChI=1S/C18H25NS/c1-18(2)9-7-14(12-19-3)16(11-18)15-6-4-5-13-8-10-20-17(13)15/h4-6,8,10,14,16,19H,7,9,11-12H2,1-3H3. The van der Waals surface area contributed by atoms with Crippen molar-refractivity contribution >= 4 is 21.4 Å². The van der Waals surface area contributed by atoms with Crippen LogP contribution in [0.15, 0.2) is 29.6 Å². The van der Waals surface area contributed by atoms with Crippen molar-refractivity contribution in [2.24, 2.45) is 11.3 Å². The van der Waals surface area contributed by atoms with Gasteiger partial charge in [-0.3, -0.25) is 0 Å². The summed E-state index contributed by atoms with van der Waals surface area (Å²) in [6.07, 6.45) is 4.02. The van der Waals surface area contributed by atoms with Gasteiger partial charge in [0.05, 0.1) is 0 Å². The number of hydrogen-bond acceptors (Lipinski definition) is 2. The molecular weight excluding hydrogens is 262 g/mol. The molecule has 1 aromatic carbocycles. The van der Waals surface area contributed by atoms with E-state index in [1.807, 2.05) is 11.3 Å². The molecule has 2 atom stereocenters. The maximum absolute atomic E-state index is 3.41. The molecule has 2 aromatic rings. The van der Waals surface area contributed by atoms with Gasteiger partial charge in [-0.25, -0.2) is 0 Å². The summed E-state index contributed by atoms with van der Waals surface area (Å²) in [5.74, 6) is 1.48. The number of nitrogens with one attached hydrogen (secondary N) is 1. The minimum absolute atomic E-state index is 0.480. The number of hydrogen-bond donors (Lipinski definition) is 1. The van der Waals surface area contributed by atoms with Gasteiger partial charge in [-0.1, -0.05) is 32.0 Å². The Morgan fingerprint density at radius 2 is 2.15 bits per heavy atom. The molecule has 0 saturated heterocycles. The molecule has 2 unspecified atom stereocenters. The summed E-state index contributed by atoms with van der Waals surface area (Å²) in [4.78, 5) is 0. The number of thiophene rings is 1. The van der Waals surface area contributed by atoms with Gasteiger partial charge < -0.3 is 5.32 Å². The van der Waals surface area contributed by atoms with E-state index < -0.39 is 0 Å². The predicted octanol–water partition coefficient (Wildman–Crippen LogP) is 5.03. The third-order valence-corrected chi connectivity index (χ3v) is 5.89. The molecule has 0 bridgehead atoms. The molecule has 20 heavy (non-hydrogen) atoms. The molecule has 0 aliphatic heterocycles. The van der Waals surface area contributed by atoms with Gasteiger partial charge in [0.2, 0.25) is 0 Å². The molecule has 0 amide bonds. The minimum Gasteiger partial charge on any atom is -0.319 e.